The summed E-state index contributed by atoms with van der Waals surface area (Å²) in [5.74, 6) is 0.829. The highest BCUT2D eigenvalue weighted by Crippen LogP contribution is 2.26. The third kappa shape index (κ3) is 3.68. The molecule has 1 aliphatic heterocycles. The number of hydrogen-bond donors (Lipinski definition) is 1. The molecule has 100 valence electrons. The molecule has 1 aromatic carbocycles. The fraction of sp³-hybridized carbons (Fsp3) is 0.538. The molecule has 1 unspecified atom stereocenters. The number of halogens is 1. The molecular weight excluding hydrogens is 298 g/mol. The van der Waals surface area contributed by atoms with Crippen molar-refractivity contribution in [2.24, 2.45) is 5.73 Å². The molecule has 0 radical (unpaired) electrons. The molecule has 2 rings (SSSR count). The molecule has 0 spiro atoms. The van der Waals surface area contributed by atoms with Crippen molar-refractivity contribution in [2.75, 3.05) is 20.3 Å². The maximum absolute atomic E-state index is 6.10. The quantitative estimate of drug-likeness (QED) is 0.904. The first-order chi connectivity index (χ1) is 8.69. The Hall–Kier alpha value is -0.620. The summed E-state index contributed by atoms with van der Waals surface area (Å²) in [7, 11) is 1.65. The topological polar surface area (TPSA) is 53.7 Å². The van der Waals surface area contributed by atoms with Crippen LogP contribution in [-0.4, -0.2) is 32.7 Å². The molecule has 5 heteroatoms. The number of nitrogens with two attached hydrogens (primary N) is 1. The van der Waals surface area contributed by atoms with Gasteiger partial charge in [0.2, 0.25) is 0 Å². The second kappa shape index (κ2) is 6.52. The Kier molecular flexibility index (Phi) is 5.00. The van der Waals surface area contributed by atoms with Crippen LogP contribution in [0.25, 0.3) is 0 Å². The average molecular weight is 316 g/mol. The highest BCUT2D eigenvalue weighted by Gasteiger charge is 2.19. The van der Waals surface area contributed by atoms with Gasteiger partial charge in [-0.3, -0.25) is 0 Å². The Balaban J connectivity index is 1.89. The zero-order valence-corrected chi connectivity index (χ0v) is 12.0. The predicted octanol–water partition coefficient (Wildman–Crippen LogP) is 2.09. The van der Waals surface area contributed by atoms with Gasteiger partial charge in [-0.1, -0.05) is 6.07 Å². The van der Waals surface area contributed by atoms with Gasteiger partial charge in [0, 0.05) is 12.5 Å². The molecule has 0 amide bonds. The van der Waals surface area contributed by atoms with Gasteiger partial charge in [-0.05, 0) is 40.0 Å². The number of hydrogen-bond acceptors (Lipinski definition) is 4. The van der Waals surface area contributed by atoms with Crippen molar-refractivity contribution in [3.05, 3.63) is 28.2 Å². The van der Waals surface area contributed by atoms with E-state index in [0.29, 0.717) is 13.2 Å². The van der Waals surface area contributed by atoms with E-state index in [1.807, 2.05) is 18.2 Å². The summed E-state index contributed by atoms with van der Waals surface area (Å²) in [5, 5.41) is 0. The standard InChI is InChI=1S/C13H18BrNO3/c1-16-12-3-2-9(7-11(12)14)6-10(15)8-13-17-4-5-18-13/h2-3,7,10,13H,4-6,8,15H2,1H3. The van der Waals surface area contributed by atoms with E-state index in [1.165, 1.54) is 5.56 Å². The highest BCUT2D eigenvalue weighted by molar-refractivity contribution is 9.10. The van der Waals surface area contributed by atoms with Gasteiger partial charge >= 0.3 is 0 Å². The lowest BCUT2D eigenvalue weighted by Gasteiger charge is -2.16. The number of benzene rings is 1. The molecular formula is C13H18BrNO3. The predicted molar refractivity (Wildman–Crippen MR) is 72.7 cm³/mol. The van der Waals surface area contributed by atoms with Gasteiger partial charge in [-0.25, -0.2) is 0 Å². The van der Waals surface area contributed by atoms with Gasteiger partial charge in [0.1, 0.15) is 5.75 Å². The number of methoxy groups -OCH3 is 1. The van der Waals surface area contributed by atoms with Crippen LogP contribution >= 0.6 is 15.9 Å². The molecule has 18 heavy (non-hydrogen) atoms. The zero-order valence-electron chi connectivity index (χ0n) is 10.4. The van der Waals surface area contributed by atoms with E-state index in [0.717, 1.165) is 23.1 Å². The Labute approximate surface area is 116 Å². The van der Waals surface area contributed by atoms with Crippen LogP contribution in [0.3, 0.4) is 0 Å². The summed E-state index contributed by atoms with van der Waals surface area (Å²) in [6, 6.07) is 6.04. The summed E-state index contributed by atoms with van der Waals surface area (Å²) in [6.07, 6.45) is 1.39. The van der Waals surface area contributed by atoms with E-state index in [-0.39, 0.29) is 12.3 Å². The first-order valence-corrected chi connectivity index (χ1v) is 6.79. The first-order valence-electron chi connectivity index (χ1n) is 6.00. The normalized spacial score (nSPS) is 17.9. The van der Waals surface area contributed by atoms with Crippen molar-refractivity contribution in [1.82, 2.24) is 0 Å². The van der Waals surface area contributed by atoms with Crippen LogP contribution in [0, 0.1) is 0 Å². The Morgan fingerprint density at radius 3 is 2.78 bits per heavy atom. The molecule has 0 aliphatic carbocycles. The van der Waals surface area contributed by atoms with E-state index < -0.39 is 0 Å². The van der Waals surface area contributed by atoms with Crippen LogP contribution in [0.15, 0.2) is 22.7 Å². The highest BCUT2D eigenvalue weighted by atomic mass is 79.9. The van der Waals surface area contributed by atoms with Crippen LogP contribution in [0.5, 0.6) is 5.75 Å². The molecule has 1 fully saturated rings. The minimum atomic E-state index is -0.137. The van der Waals surface area contributed by atoms with Gasteiger partial charge in [-0.15, -0.1) is 0 Å². The van der Waals surface area contributed by atoms with Gasteiger partial charge < -0.3 is 19.9 Å². The van der Waals surface area contributed by atoms with Gasteiger partial charge in [0.25, 0.3) is 0 Å². The summed E-state index contributed by atoms with van der Waals surface area (Å²) >= 11 is 3.47. The van der Waals surface area contributed by atoms with Crippen LogP contribution in [0.2, 0.25) is 0 Å². The smallest absolute Gasteiger partial charge is 0.159 e. The van der Waals surface area contributed by atoms with E-state index in [4.69, 9.17) is 19.9 Å². The van der Waals surface area contributed by atoms with E-state index in [1.54, 1.807) is 7.11 Å². The third-order valence-electron chi connectivity index (χ3n) is 2.90. The van der Waals surface area contributed by atoms with E-state index in [9.17, 15) is 0 Å². The van der Waals surface area contributed by atoms with E-state index >= 15 is 0 Å². The lowest BCUT2D eigenvalue weighted by atomic mass is 10.0. The number of ether oxygens (including phenoxy) is 3. The van der Waals surface area contributed by atoms with Crippen molar-refractivity contribution in [3.63, 3.8) is 0 Å². The molecule has 1 heterocycles. The van der Waals surface area contributed by atoms with Gasteiger partial charge in [-0.2, -0.15) is 0 Å². The molecule has 1 aliphatic rings. The lowest BCUT2D eigenvalue weighted by molar-refractivity contribution is -0.0504. The first kappa shape index (κ1) is 13.8. The van der Waals surface area contributed by atoms with Gasteiger partial charge in [0.05, 0.1) is 24.8 Å². The minimum Gasteiger partial charge on any atom is -0.496 e. The summed E-state index contributed by atoms with van der Waals surface area (Å²) < 4.78 is 16.9. The molecule has 0 saturated carbocycles. The van der Waals surface area contributed by atoms with Crippen LogP contribution in [0.1, 0.15) is 12.0 Å². The maximum Gasteiger partial charge on any atom is 0.159 e. The molecule has 2 N–H and O–H groups in total. The van der Waals surface area contributed by atoms with Crippen molar-refractivity contribution in [1.29, 1.82) is 0 Å². The van der Waals surface area contributed by atoms with Crippen LogP contribution in [0.4, 0.5) is 0 Å². The molecule has 0 aromatic heterocycles. The third-order valence-corrected chi connectivity index (χ3v) is 3.52. The van der Waals surface area contributed by atoms with Gasteiger partial charge in [0.15, 0.2) is 6.29 Å². The van der Waals surface area contributed by atoms with Crippen LogP contribution < -0.4 is 10.5 Å². The number of rotatable bonds is 5. The summed E-state index contributed by atoms with van der Waals surface area (Å²) in [4.78, 5) is 0. The molecule has 4 nitrogen and oxygen atoms in total. The second-order valence-corrected chi connectivity index (χ2v) is 5.19. The average Bonchev–Trinajstić information content (AvgIpc) is 2.82. The minimum absolute atomic E-state index is 0.0356. The van der Waals surface area contributed by atoms with Crippen molar-refractivity contribution in [3.8, 4) is 5.75 Å². The van der Waals surface area contributed by atoms with Crippen LogP contribution in [-0.2, 0) is 15.9 Å². The molecule has 1 atom stereocenters. The summed E-state index contributed by atoms with van der Waals surface area (Å²) in [5.41, 5.74) is 7.27. The Morgan fingerprint density at radius 2 is 2.17 bits per heavy atom. The van der Waals surface area contributed by atoms with E-state index in [2.05, 4.69) is 15.9 Å². The monoisotopic (exact) mass is 315 g/mol. The molecule has 1 saturated heterocycles. The Bertz CT molecular complexity index is 394. The maximum atomic E-state index is 6.10. The molecule has 0 bridgehead atoms. The fourth-order valence-electron chi connectivity index (χ4n) is 2.01. The lowest BCUT2D eigenvalue weighted by Crippen LogP contribution is -2.28. The van der Waals surface area contributed by atoms with Crippen molar-refractivity contribution in [2.45, 2.75) is 25.2 Å². The molecule has 1 aromatic rings. The SMILES string of the molecule is COc1ccc(CC(N)CC2OCCO2)cc1Br. The van der Waals surface area contributed by atoms with Crippen molar-refractivity contribution >= 4 is 15.9 Å². The largest absolute Gasteiger partial charge is 0.496 e. The Morgan fingerprint density at radius 1 is 1.44 bits per heavy atom. The fourth-order valence-corrected chi connectivity index (χ4v) is 2.60. The zero-order chi connectivity index (χ0) is 13.0. The van der Waals surface area contributed by atoms with Crippen molar-refractivity contribution < 1.29 is 14.2 Å². The second-order valence-electron chi connectivity index (χ2n) is 4.34. The summed E-state index contributed by atoms with van der Waals surface area (Å²) in [6.45, 7) is 1.34.